The molecule has 7 nitrogen and oxygen atoms in total. The van der Waals surface area contributed by atoms with Gasteiger partial charge in [-0.25, -0.2) is 8.42 Å². The number of piperazine rings is 1. The maximum absolute atomic E-state index is 12.8. The molecule has 0 bridgehead atoms. The van der Waals surface area contributed by atoms with E-state index in [9.17, 15) is 26.4 Å². The van der Waals surface area contributed by atoms with E-state index in [1.807, 2.05) is 13.8 Å². The third-order valence-corrected chi connectivity index (χ3v) is 7.25. The lowest BCUT2D eigenvalue weighted by atomic mass is 10.2. The Morgan fingerprint density at radius 3 is 2.17 bits per heavy atom. The van der Waals surface area contributed by atoms with Crippen molar-refractivity contribution in [2.24, 2.45) is 0 Å². The number of hydrogen-bond acceptors (Lipinski definition) is 5. The van der Waals surface area contributed by atoms with Gasteiger partial charge in [-0.05, 0) is 61.9 Å². The molecule has 1 fully saturated rings. The largest absolute Gasteiger partial charge is 0.493 e. The Kier molecular flexibility index (Phi) is 8.11. The Morgan fingerprint density at radius 2 is 1.63 bits per heavy atom. The fraction of sp³-hybridized carbons (Fsp3) is 0.375. The van der Waals surface area contributed by atoms with Gasteiger partial charge < -0.3 is 14.4 Å². The standard InChI is InChI=1S/C24H27F3N2O5S/c1-17(2)34-21-10-4-18(16-22(21)33-3)5-11-23(30)28-12-14-29(15-13-28)35(31,32)20-8-6-19(7-9-20)24(25,26)27/h4-11,16-17H,12-15H2,1-3H3/b11-5+. The van der Waals surface area contributed by atoms with E-state index in [0.29, 0.717) is 11.5 Å². The molecule has 0 radical (unpaired) electrons. The fourth-order valence-corrected chi connectivity index (χ4v) is 4.95. The van der Waals surface area contributed by atoms with Gasteiger partial charge >= 0.3 is 6.18 Å². The smallest absolute Gasteiger partial charge is 0.416 e. The van der Waals surface area contributed by atoms with Gasteiger partial charge in [0.2, 0.25) is 15.9 Å². The number of benzene rings is 2. The van der Waals surface area contributed by atoms with Crippen molar-refractivity contribution in [2.45, 2.75) is 31.0 Å². The molecule has 1 aliphatic rings. The van der Waals surface area contributed by atoms with Crippen molar-refractivity contribution in [1.82, 2.24) is 9.21 Å². The van der Waals surface area contributed by atoms with E-state index in [2.05, 4.69) is 0 Å². The Balaban J connectivity index is 1.61. The Morgan fingerprint density at radius 1 is 1.00 bits per heavy atom. The summed E-state index contributed by atoms with van der Waals surface area (Å²) >= 11 is 0. The van der Waals surface area contributed by atoms with Crippen LogP contribution in [0, 0.1) is 0 Å². The van der Waals surface area contributed by atoms with Crippen LogP contribution in [-0.4, -0.2) is 62.9 Å². The zero-order valence-electron chi connectivity index (χ0n) is 19.6. The summed E-state index contributed by atoms with van der Waals surface area (Å²) in [6, 6.07) is 8.68. The van der Waals surface area contributed by atoms with Crippen LogP contribution < -0.4 is 9.47 Å². The summed E-state index contributed by atoms with van der Waals surface area (Å²) < 4.78 is 76.0. The van der Waals surface area contributed by atoms with E-state index in [1.165, 1.54) is 22.4 Å². The molecular formula is C24H27F3N2O5S. The number of carbonyl (C=O) groups is 1. The Labute approximate surface area is 202 Å². The maximum atomic E-state index is 12.8. The van der Waals surface area contributed by atoms with Crippen LogP contribution in [0.15, 0.2) is 53.4 Å². The van der Waals surface area contributed by atoms with E-state index in [-0.39, 0.29) is 43.1 Å². The van der Waals surface area contributed by atoms with Crippen LogP contribution in [0.4, 0.5) is 13.2 Å². The first-order valence-corrected chi connectivity index (χ1v) is 12.3. The van der Waals surface area contributed by atoms with E-state index in [1.54, 1.807) is 24.3 Å². The van der Waals surface area contributed by atoms with Gasteiger partial charge in [0.15, 0.2) is 11.5 Å². The minimum absolute atomic E-state index is 0.0198. The predicted octanol–water partition coefficient (Wildman–Crippen LogP) is 4.05. The van der Waals surface area contributed by atoms with Gasteiger partial charge in [-0.3, -0.25) is 4.79 Å². The summed E-state index contributed by atoms with van der Waals surface area (Å²) in [6.45, 7) is 4.21. The second-order valence-electron chi connectivity index (χ2n) is 8.16. The van der Waals surface area contributed by atoms with Gasteiger partial charge in [0, 0.05) is 32.3 Å². The number of sulfonamides is 1. The Bertz CT molecular complexity index is 1170. The second-order valence-corrected chi connectivity index (χ2v) is 10.1. The molecule has 1 heterocycles. The topological polar surface area (TPSA) is 76.2 Å². The monoisotopic (exact) mass is 512 g/mol. The van der Waals surface area contributed by atoms with Crippen molar-refractivity contribution in [2.75, 3.05) is 33.3 Å². The first-order valence-electron chi connectivity index (χ1n) is 10.9. The normalized spacial score (nSPS) is 15.6. The number of nitrogens with zero attached hydrogens (tertiary/aromatic N) is 2. The van der Waals surface area contributed by atoms with Crippen molar-refractivity contribution in [1.29, 1.82) is 0 Å². The summed E-state index contributed by atoms with van der Waals surface area (Å²) in [5.41, 5.74) is -0.187. The molecule has 3 rings (SSSR count). The second kappa shape index (κ2) is 10.7. The third kappa shape index (κ3) is 6.55. The molecule has 35 heavy (non-hydrogen) atoms. The van der Waals surface area contributed by atoms with E-state index in [0.717, 1.165) is 29.8 Å². The zero-order chi connectivity index (χ0) is 25.8. The number of ether oxygens (including phenoxy) is 2. The number of alkyl halides is 3. The molecule has 0 unspecified atom stereocenters. The number of rotatable bonds is 7. The molecule has 0 atom stereocenters. The molecule has 0 saturated carbocycles. The number of carbonyl (C=O) groups excluding carboxylic acids is 1. The molecular weight excluding hydrogens is 485 g/mol. The van der Waals surface area contributed by atoms with Gasteiger partial charge in [-0.2, -0.15) is 17.5 Å². The first-order chi connectivity index (χ1) is 16.4. The average molecular weight is 513 g/mol. The molecule has 1 saturated heterocycles. The van der Waals surface area contributed by atoms with Crippen LogP contribution in [0.25, 0.3) is 6.08 Å². The lowest BCUT2D eigenvalue weighted by Crippen LogP contribution is -2.50. The summed E-state index contributed by atoms with van der Waals surface area (Å²) in [4.78, 5) is 13.9. The van der Waals surface area contributed by atoms with Gasteiger partial charge in [-0.15, -0.1) is 0 Å². The molecule has 0 N–H and O–H groups in total. The van der Waals surface area contributed by atoms with Crippen LogP contribution in [0.2, 0.25) is 0 Å². The molecule has 0 aliphatic carbocycles. The minimum Gasteiger partial charge on any atom is -0.493 e. The first kappa shape index (κ1) is 26.6. The number of hydrogen-bond donors (Lipinski definition) is 0. The highest BCUT2D eigenvalue weighted by Crippen LogP contribution is 2.31. The molecule has 2 aromatic rings. The van der Waals surface area contributed by atoms with E-state index in [4.69, 9.17) is 9.47 Å². The van der Waals surface area contributed by atoms with Gasteiger partial charge in [-0.1, -0.05) is 6.07 Å². The fourth-order valence-electron chi connectivity index (χ4n) is 3.53. The SMILES string of the molecule is COc1cc(/C=C/C(=O)N2CCN(S(=O)(=O)c3ccc(C(F)(F)F)cc3)CC2)ccc1OC(C)C. The summed E-state index contributed by atoms with van der Waals surface area (Å²) in [7, 11) is -2.44. The highest BCUT2D eigenvalue weighted by atomic mass is 32.2. The van der Waals surface area contributed by atoms with E-state index < -0.39 is 21.8 Å². The number of amides is 1. The van der Waals surface area contributed by atoms with Crippen molar-refractivity contribution >= 4 is 22.0 Å². The molecule has 0 aromatic heterocycles. The quantitative estimate of drug-likeness (QED) is 0.524. The number of halogens is 3. The lowest BCUT2D eigenvalue weighted by molar-refractivity contribution is -0.137. The highest BCUT2D eigenvalue weighted by Gasteiger charge is 2.33. The van der Waals surface area contributed by atoms with Crippen LogP contribution in [0.5, 0.6) is 11.5 Å². The third-order valence-electron chi connectivity index (χ3n) is 5.34. The highest BCUT2D eigenvalue weighted by molar-refractivity contribution is 7.89. The Hall–Kier alpha value is -3.05. The van der Waals surface area contributed by atoms with Crippen LogP contribution in [-0.2, 0) is 21.0 Å². The van der Waals surface area contributed by atoms with Gasteiger partial charge in [0.05, 0.1) is 23.7 Å². The summed E-state index contributed by atoms with van der Waals surface area (Å²) in [5, 5.41) is 0. The van der Waals surface area contributed by atoms with Crippen LogP contribution in [0.1, 0.15) is 25.0 Å². The molecule has 0 spiro atoms. The molecule has 2 aromatic carbocycles. The molecule has 1 aliphatic heterocycles. The van der Waals surface area contributed by atoms with E-state index >= 15 is 0 Å². The van der Waals surface area contributed by atoms with Crippen LogP contribution >= 0.6 is 0 Å². The van der Waals surface area contributed by atoms with Crippen molar-refractivity contribution < 1.29 is 35.9 Å². The molecule has 1 amide bonds. The van der Waals surface area contributed by atoms with Crippen molar-refractivity contribution in [3.8, 4) is 11.5 Å². The van der Waals surface area contributed by atoms with Gasteiger partial charge in [0.1, 0.15) is 0 Å². The van der Waals surface area contributed by atoms with Crippen molar-refractivity contribution in [3.63, 3.8) is 0 Å². The minimum atomic E-state index is -4.54. The summed E-state index contributed by atoms with van der Waals surface area (Å²) in [5.74, 6) is 0.852. The lowest BCUT2D eigenvalue weighted by Gasteiger charge is -2.33. The maximum Gasteiger partial charge on any atom is 0.416 e. The van der Waals surface area contributed by atoms with Crippen molar-refractivity contribution in [3.05, 3.63) is 59.7 Å². The zero-order valence-corrected chi connectivity index (χ0v) is 20.4. The summed E-state index contributed by atoms with van der Waals surface area (Å²) in [6.07, 6.45) is -1.53. The molecule has 190 valence electrons. The molecule has 11 heteroatoms. The number of methoxy groups -OCH3 is 1. The van der Waals surface area contributed by atoms with Crippen LogP contribution in [0.3, 0.4) is 0 Å². The average Bonchev–Trinajstić information content (AvgIpc) is 2.82. The predicted molar refractivity (Wildman–Crippen MR) is 125 cm³/mol. The van der Waals surface area contributed by atoms with Gasteiger partial charge in [0.25, 0.3) is 0 Å².